The molecule has 0 saturated heterocycles. The number of nitrogens with one attached hydrogen (secondary N) is 1. The normalized spacial score (nSPS) is 13.0. The van der Waals surface area contributed by atoms with Gasteiger partial charge in [-0.15, -0.1) is 0 Å². The van der Waals surface area contributed by atoms with Crippen molar-refractivity contribution in [3.05, 3.63) is 44.8 Å². The van der Waals surface area contributed by atoms with Gasteiger partial charge in [-0.25, -0.2) is 0 Å². The highest BCUT2D eigenvalue weighted by Crippen LogP contribution is 2.41. The Morgan fingerprint density at radius 1 is 1.09 bits per heavy atom. The summed E-state index contributed by atoms with van der Waals surface area (Å²) in [5, 5.41) is 9.99. The van der Waals surface area contributed by atoms with Gasteiger partial charge in [0.1, 0.15) is 0 Å². The molecule has 0 fully saturated rings. The van der Waals surface area contributed by atoms with E-state index in [-0.39, 0.29) is 17.1 Å². The number of benzene rings is 1. The van der Waals surface area contributed by atoms with Crippen molar-refractivity contribution in [2.75, 3.05) is 26.2 Å². The van der Waals surface area contributed by atoms with Gasteiger partial charge in [0, 0.05) is 34.7 Å². The Labute approximate surface area is 204 Å². The molecule has 5 nitrogen and oxygen atoms in total. The summed E-state index contributed by atoms with van der Waals surface area (Å²) in [5.41, 5.74) is 1.09. The fraction of sp³-hybridized carbons (Fsp3) is 0.542. The van der Waals surface area contributed by atoms with Crippen LogP contribution in [0.25, 0.3) is 21.8 Å². The average Bonchev–Trinajstić information content (AvgIpc) is 3.02. The predicted octanol–water partition coefficient (Wildman–Crippen LogP) is 5.67. The van der Waals surface area contributed by atoms with Crippen LogP contribution in [0.1, 0.15) is 37.4 Å². The summed E-state index contributed by atoms with van der Waals surface area (Å²) in [4.78, 5) is 16.7. The Balaban J connectivity index is 2.07. The van der Waals surface area contributed by atoms with Crippen LogP contribution in [0.5, 0.6) is 0 Å². The van der Waals surface area contributed by atoms with E-state index in [1.54, 1.807) is 0 Å². The molecule has 3 aromatic rings. The number of nitrogens with zero attached hydrogens (tertiary/aromatic N) is 2. The van der Waals surface area contributed by atoms with Crippen molar-refractivity contribution in [1.82, 2.24) is 14.5 Å². The molecular formula is C24H29ClF5N3O2. The van der Waals surface area contributed by atoms with Crippen molar-refractivity contribution < 1.29 is 27.1 Å². The quantitative estimate of drug-likeness (QED) is 0.252. The molecule has 0 unspecified atom stereocenters. The molecule has 35 heavy (non-hydrogen) atoms. The van der Waals surface area contributed by atoms with Crippen LogP contribution in [0.15, 0.2) is 23.0 Å². The third-order valence-electron chi connectivity index (χ3n) is 6.37. The minimum atomic E-state index is -5.69. The van der Waals surface area contributed by atoms with Crippen LogP contribution in [-0.2, 0) is 13.0 Å². The second-order valence-electron chi connectivity index (χ2n) is 8.68. The van der Waals surface area contributed by atoms with E-state index in [1.165, 1.54) is 25.1 Å². The number of H-pyrrole nitrogens is 1. The first-order valence-electron chi connectivity index (χ1n) is 11.5. The number of rotatable bonds is 11. The van der Waals surface area contributed by atoms with Crippen LogP contribution in [0, 0.1) is 6.92 Å². The van der Waals surface area contributed by atoms with Gasteiger partial charge in [0.15, 0.2) is 0 Å². The number of aryl methyl sites for hydroxylation is 1. The van der Waals surface area contributed by atoms with Crippen LogP contribution in [-0.4, -0.2) is 57.9 Å². The average molecular weight is 522 g/mol. The van der Waals surface area contributed by atoms with Crippen LogP contribution in [0.2, 0.25) is 5.02 Å². The second-order valence-corrected chi connectivity index (χ2v) is 9.09. The SMILES string of the molecule is CCN(CCCCO)CCCc1c(C)n(CC(F)(F)C(F)(F)F)c2ccc3[nH]c(=O)cc(Cl)c3c12. The number of aromatic nitrogens is 2. The number of pyridine rings is 1. The van der Waals surface area contributed by atoms with Crippen molar-refractivity contribution in [3.63, 3.8) is 0 Å². The molecule has 0 amide bonds. The monoisotopic (exact) mass is 521 g/mol. The summed E-state index contributed by atoms with van der Waals surface area (Å²) in [7, 11) is 0. The third kappa shape index (κ3) is 5.81. The van der Waals surface area contributed by atoms with E-state index in [2.05, 4.69) is 9.88 Å². The number of hydrogen-bond acceptors (Lipinski definition) is 3. The van der Waals surface area contributed by atoms with Crippen molar-refractivity contribution >= 4 is 33.4 Å². The zero-order valence-corrected chi connectivity index (χ0v) is 20.4. The van der Waals surface area contributed by atoms with Gasteiger partial charge in [-0.1, -0.05) is 18.5 Å². The highest BCUT2D eigenvalue weighted by Gasteiger charge is 2.57. The fourth-order valence-corrected chi connectivity index (χ4v) is 4.80. The lowest BCUT2D eigenvalue weighted by Gasteiger charge is -2.22. The Bertz CT molecular complexity index is 1240. The Kier molecular flexibility index (Phi) is 8.49. The summed E-state index contributed by atoms with van der Waals surface area (Å²) in [6.45, 7) is 4.40. The van der Waals surface area contributed by atoms with Gasteiger partial charge in [0.2, 0.25) is 5.56 Å². The Morgan fingerprint density at radius 3 is 2.40 bits per heavy atom. The van der Waals surface area contributed by atoms with Crippen molar-refractivity contribution in [2.24, 2.45) is 0 Å². The summed E-state index contributed by atoms with van der Waals surface area (Å²) in [5.74, 6) is -4.92. The minimum Gasteiger partial charge on any atom is -0.396 e. The summed E-state index contributed by atoms with van der Waals surface area (Å²) >= 11 is 6.37. The Hall–Kier alpha value is -2.17. The van der Waals surface area contributed by atoms with E-state index in [0.717, 1.165) is 24.1 Å². The first-order valence-corrected chi connectivity index (χ1v) is 11.9. The molecule has 0 bridgehead atoms. The van der Waals surface area contributed by atoms with Crippen molar-refractivity contribution in [3.8, 4) is 0 Å². The minimum absolute atomic E-state index is 0.106. The van der Waals surface area contributed by atoms with E-state index >= 15 is 0 Å². The molecule has 1 aromatic carbocycles. The Morgan fingerprint density at radius 2 is 1.77 bits per heavy atom. The molecule has 2 aromatic heterocycles. The first kappa shape index (κ1) is 27.4. The van der Waals surface area contributed by atoms with Crippen LogP contribution >= 0.6 is 11.6 Å². The molecule has 3 rings (SSSR count). The number of aliphatic hydroxyl groups excluding tert-OH is 1. The largest absolute Gasteiger partial charge is 0.455 e. The van der Waals surface area contributed by atoms with E-state index in [9.17, 15) is 26.7 Å². The zero-order chi connectivity index (χ0) is 26.0. The molecule has 0 radical (unpaired) electrons. The van der Waals surface area contributed by atoms with Gasteiger partial charge in [-0.3, -0.25) is 4.79 Å². The smallest absolute Gasteiger partial charge is 0.396 e. The summed E-state index contributed by atoms with van der Waals surface area (Å²) in [6.07, 6.45) is -3.09. The third-order valence-corrected chi connectivity index (χ3v) is 6.67. The number of halogens is 6. The number of unbranched alkanes of at least 4 members (excludes halogenated alkanes) is 1. The maximum atomic E-state index is 14.1. The lowest BCUT2D eigenvalue weighted by Crippen LogP contribution is -2.40. The van der Waals surface area contributed by atoms with E-state index in [4.69, 9.17) is 16.7 Å². The molecular weight excluding hydrogens is 493 g/mol. The van der Waals surface area contributed by atoms with Gasteiger partial charge in [-0.2, -0.15) is 22.0 Å². The number of aromatic amines is 1. The molecule has 0 spiro atoms. The van der Waals surface area contributed by atoms with Gasteiger partial charge in [0.25, 0.3) is 0 Å². The zero-order valence-electron chi connectivity index (χ0n) is 19.6. The van der Waals surface area contributed by atoms with E-state index in [1.807, 2.05) is 6.92 Å². The topological polar surface area (TPSA) is 61.3 Å². The molecule has 2 heterocycles. The van der Waals surface area contributed by atoms with Crippen molar-refractivity contribution in [2.45, 2.75) is 58.2 Å². The molecule has 0 saturated carbocycles. The van der Waals surface area contributed by atoms with Gasteiger partial charge < -0.3 is 19.6 Å². The number of hydrogen-bond donors (Lipinski definition) is 2. The molecule has 11 heteroatoms. The first-order chi connectivity index (χ1) is 16.4. The highest BCUT2D eigenvalue weighted by atomic mass is 35.5. The second kappa shape index (κ2) is 10.8. The summed E-state index contributed by atoms with van der Waals surface area (Å²) < 4.78 is 68.3. The fourth-order valence-electron chi connectivity index (χ4n) is 4.51. The lowest BCUT2D eigenvalue weighted by molar-refractivity contribution is -0.286. The molecule has 0 aliphatic carbocycles. The van der Waals surface area contributed by atoms with E-state index in [0.29, 0.717) is 53.4 Å². The van der Waals surface area contributed by atoms with Gasteiger partial charge >= 0.3 is 12.1 Å². The molecule has 194 valence electrons. The molecule has 0 aliphatic heterocycles. The molecule has 0 aliphatic rings. The molecule has 0 atom stereocenters. The number of alkyl halides is 5. The number of fused-ring (bicyclic) bond motifs is 3. The van der Waals surface area contributed by atoms with Crippen molar-refractivity contribution in [1.29, 1.82) is 0 Å². The standard InChI is InChI=1S/C24H29ClF5N3O2/c1-3-32(10-4-5-12-34)11-6-7-16-15(2)33(14-23(26,27)24(28,29)30)19-9-8-18-22(21(16)19)17(25)13-20(35)31-18/h8-9,13,34H,3-7,10-12,14H2,1-2H3,(H,31,35). The van der Waals surface area contributed by atoms with Gasteiger partial charge in [0.05, 0.1) is 17.1 Å². The maximum absolute atomic E-state index is 14.1. The van der Waals surface area contributed by atoms with Crippen LogP contribution in [0.3, 0.4) is 0 Å². The van der Waals surface area contributed by atoms with Gasteiger partial charge in [-0.05, 0) is 69.9 Å². The molecule has 2 N–H and O–H groups in total. The van der Waals surface area contributed by atoms with E-state index < -0.39 is 24.2 Å². The lowest BCUT2D eigenvalue weighted by atomic mass is 10.0. The summed E-state index contributed by atoms with van der Waals surface area (Å²) in [6, 6.07) is 4.08. The van der Waals surface area contributed by atoms with Crippen LogP contribution < -0.4 is 5.56 Å². The number of aliphatic hydroxyl groups is 1. The highest BCUT2D eigenvalue weighted by molar-refractivity contribution is 6.37. The maximum Gasteiger partial charge on any atom is 0.455 e. The van der Waals surface area contributed by atoms with Crippen LogP contribution in [0.4, 0.5) is 22.0 Å². The predicted molar refractivity (Wildman–Crippen MR) is 128 cm³/mol.